The molecule has 48 heavy (non-hydrogen) atoms. The fourth-order valence-corrected chi connectivity index (χ4v) is 6.20. The lowest BCUT2D eigenvalue weighted by Crippen LogP contribution is -2.00. The van der Waals surface area contributed by atoms with Crippen molar-refractivity contribution in [2.45, 2.75) is 0 Å². The Morgan fingerprint density at radius 3 is 1.12 bits per heavy atom. The summed E-state index contributed by atoms with van der Waals surface area (Å²) in [6.45, 7) is 0. The normalized spacial score (nSPS) is 10.9. The standard InChI is InChI=1S/C44H28N4/c45-29-36-15-7-8-16-37(36)30-19-21-31(22-20-30)38-27-28-39(41-18-10-9-17-40(38)41)32-23-25-35(26-24-32)44-47-42(33-11-3-1-4-12-33)46-43(48-44)34-13-5-2-6-14-34/h1-28H. The zero-order valence-electron chi connectivity index (χ0n) is 26.0. The lowest BCUT2D eigenvalue weighted by atomic mass is 9.91. The second kappa shape index (κ2) is 12.6. The van der Waals surface area contributed by atoms with Gasteiger partial charge in [0.05, 0.1) is 11.6 Å². The Morgan fingerprint density at radius 2 is 0.667 bits per heavy atom. The summed E-state index contributed by atoms with van der Waals surface area (Å²) in [5, 5.41) is 11.9. The minimum Gasteiger partial charge on any atom is -0.208 e. The molecule has 0 unspecified atom stereocenters. The number of fused-ring (bicyclic) bond motifs is 1. The van der Waals surface area contributed by atoms with Gasteiger partial charge in [0, 0.05) is 16.7 Å². The van der Waals surface area contributed by atoms with Crippen LogP contribution in [0.1, 0.15) is 5.56 Å². The van der Waals surface area contributed by atoms with Gasteiger partial charge < -0.3 is 0 Å². The lowest BCUT2D eigenvalue weighted by Gasteiger charge is -2.13. The highest BCUT2D eigenvalue weighted by molar-refractivity contribution is 6.05. The quantitative estimate of drug-likeness (QED) is 0.187. The van der Waals surface area contributed by atoms with Gasteiger partial charge in [0.2, 0.25) is 0 Å². The van der Waals surface area contributed by atoms with Gasteiger partial charge in [0.1, 0.15) is 0 Å². The maximum Gasteiger partial charge on any atom is 0.164 e. The molecule has 1 aromatic heterocycles. The van der Waals surface area contributed by atoms with Crippen LogP contribution in [0.25, 0.3) is 78.3 Å². The monoisotopic (exact) mass is 612 g/mol. The van der Waals surface area contributed by atoms with E-state index in [1.54, 1.807) is 0 Å². The zero-order chi connectivity index (χ0) is 32.3. The summed E-state index contributed by atoms with van der Waals surface area (Å²) in [5.74, 6) is 1.93. The lowest BCUT2D eigenvalue weighted by molar-refractivity contribution is 1.07. The molecule has 8 rings (SSSR count). The summed E-state index contributed by atoms with van der Waals surface area (Å²) in [7, 11) is 0. The number of benzene rings is 7. The molecular formula is C44H28N4. The van der Waals surface area contributed by atoms with Gasteiger partial charge in [0.15, 0.2) is 17.5 Å². The Balaban J connectivity index is 1.15. The predicted octanol–water partition coefficient (Wildman–Crippen LogP) is 10.9. The van der Waals surface area contributed by atoms with Crippen LogP contribution in [0.4, 0.5) is 0 Å². The van der Waals surface area contributed by atoms with Crippen molar-refractivity contribution in [2.75, 3.05) is 0 Å². The molecule has 0 aliphatic carbocycles. The van der Waals surface area contributed by atoms with Crippen molar-refractivity contribution in [3.63, 3.8) is 0 Å². The molecule has 0 amide bonds. The van der Waals surface area contributed by atoms with E-state index in [0.29, 0.717) is 23.0 Å². The maximum atomic E-state index is 9.57. The van der Waals surface area contributed by atoms with Crippen LogP contribution in [-0.2, 0) is 0 Å². The first-order valence-corrected chi connectivity index (χ1v) is 15.8. The fraction of sp³-hybridized carbons (Fsp3) is 0. The Kier molecular flexibility index (Phi) is 7.54. The smallest absolute Gasteiger partial charge is 0.164 e. The van der Waals surface area contributed by atoms with E-state index in [1.165, 1.54) is 10.8 Å². The average molecular weight is 613 g/mol. The van der Waals surface area contributed by atoms with Crippen LogP contribution in [0.3, 0.4) is 0 Å². The third-order valence-corrected chi connectivity index (χ3v) is 8.63. The van der Waals surface area contributed by atoms with Crippen LogP contribution >= 0.6 is 0 Å². The van der Waals surface area contributed by atoms with Crippen LogP contribution in [0.2, 0.25) is 0 Å². The van der Waals surface area contributed by atoms with Gasteiger partial charge in [-0.1, -0.05) is 164 Å². The van der Waals surface area contributed by atoms with Gasteiger partial charge in [-0.15, -0.1) is 0 Å². The van der Waals surface area contributed by atoms with Crippen molar-refractivity contribution in [3.8, 4) is 73.6 Å². The Bertz CT molecular complexity index is 2370. The molecule has 0 N–H and O–H groups in total. The Labute approximate surface area is 279 Å². The number of nitriles is 1. The fourth-order valence-electron chi connectivity index (χ4n) is 6.20. The molecule has 0 aliphatic rings. The molecule has 0 spiro atoms. The van der Waals surface area contributed by atoms with E-state index in [2.05, 4.69) is 91.0 Å². The maximum absolute atomic E-state index is 9.57. The number of aromatic nitrogens is 3. The number of hydrogen-bond donors (Lipinski definition) is 0. The molecule has 0 atom stereocenters. The zero-order valence-corrected chi connectivity index (χ0v) is 26.0. The summed E-state index contributed by atoms with van der Waals surface area (Å²) < 4.78 is 0. The molecule has 224 valence electrons. The molecule has 0 saturated carbocycles. The van der Waals surface area contributed by atoms with Gasteiger partial charge in [0.25, 0.3) is 0 Å². The highest BCUT2D eigenvalue weighted by Gasteiger charge is 2.14. The molecule has 8 aromatic rings. The van der Waals surface area contributed by atoms with E-state index in [4.69, 9.17) is 15.0 Å². The van der Waals surface area contributed by atoms with Gasteiger partial charge >= 0.3 is 0 Å². The van der Waals surface area contributed by atoms with Crippen molar-refractivity contribution in [2.24, 2.45) is 0 Å². The van der Waals surface area contributed by atoms with E-state index in [-0.39, 0.29) is 0 Å². The van der Waals surface area contributed by atoms with Gasteiger partial charge in [-0.3, -0.25) is 0 Å². The Morgan fingerprint density at radius 1 is 0.312 bits per heavy atom. The van der Waals surface area contributed by atoms with Crippen molar-refractivity contribution >= 4 is 10.8 Å². The molecule has 4 heteroatoms. The molecule has 0 saturated heterocycles. The largest absolute Gasteiger partial charge is 0.208 e. The predicted molar refractivity (Wildman–Crippen MR) is 195 cm³/mol. The number of nitrogens with zero attached hydrogens (tertiary/aromatic N) is 4. The van der Waals surface area contributed by atoms with Crippen LogP contribution in [0.15, 0.2) is 170 Å². The van der Waals surface area contributed by atoms with E-state index in [1.807, 2.05) is 84.9 Å². The van der Waals surface area contributed by atoms with Gasteiger partial charge in [-0.05, 0) is 50.2 Å². The molecule has 7 aromatic carbocycles. The molecule has 0 radical (unpaired) electrons. The van der Waals surface area contributed by atoms with E-state index < -0.39 is 0 Å². The molecule has 0 bridgehead atoms. The number of hydrogen-bond acceptors (Lipinski definition) is 4. The van der Waals surface area contributed by atoms with E-state index in [0.717, 1.165) is 50.1 Å². The SMILES string of the molecule is N#Cc1ccccc1-c1ccc(-c2ccc(-c3ccc(-c4nc(-c5ccccc5)nc(-c5ccccc5)n4)cc3)c3ccccc23)cc1. The Hall–Kier alpha value is -6.70. The molecule has 0 fully saturated rings. The third-order valence-electron chi connectivity index (χ3n) is 8.63. The van der Waals surface area contributed by atoms with Crippen molar-refractivity contribution in [1.82, 2.24) is 15.0 Å². The average Bonchev–Trinajstić information content (AvgIpc) is 3.18. The van der Waals surface area contributed by atoms with Crippen molar-refractivity contribution < 1.29 is 0 Å². The van der Waals surface area contributed by atoms with Crippen molar-refractivity contribution in [3.05, 3.63) is 175 Å². The second-order valence-corrected chi connectivity index (χ2v) is 11.6. The molecule has 0 aliphatic heterocycles. The highest BCUT2D eigenvalue weighted by Crippen LogP contribution is 2.37. The highest BCUT2D eigenvalue weighted by atomic mass is 15.0. The summed E-state index contributed by atoms with van der Waals surface area (Å²) >= 11 is 0. The molecule has 4 nitrogen and oxygen atoms in total. The minimum atomic E-state index is 0.635. The first kappa shape index (κ1) is 28.8. The summed E-state index contributed by atoms with van der Waals surface area (Å²) in [5.41, 5.74) is 10.0. The van der Waals surface area contributed by atoms with Gasteiger partial charge in [-0.2, -0.15) is 5.26 Å². The van der Waals surface area contributed by atoms with Crippen LogP contribution in [0, 0.1) is 11.3 Å². The summed E-state index contributed by atoms with van der Waals surface area (Å²) in [6.07, 6.45) is 0. The minimum absolute atomic E-state index is 0.635. The second-order valence-electron chi connectivity index (χ2n) is 11.6. The first-order valence-electron chi connectivity index (χ1n) is 15.8. The van der Waals surface area contributed by atoms with E-state index >= 15 is 0 Å². The van der Waals surface area contributed by atoms with Crippen molar-refractivity contribution in [1.29, 1.82) is 5.26 Å². The summed E-state index contributed by atoms with van der Waals surface area (Å²) in [4.78, 5) is 14.6. The summed E-state index contributed by atoms with van der Waals surface area (Å²) in [6, 6.07) is 60.0. The van der Waals surface area contributed by atoms with Crippen LogP contribution < -0.4 is 0 Å². The van der Waals surface area contributed by atoms with Crippen LogP contribution in [-0.4, -0.2) is 15.0 Å². The molecular weight excluding hydrogens is 585 g/mol. The topological polar surface area (TPSA) is 62.5 Å². The number of rotatable bonds is 6. The third kappa shape index (κ3) is 5.51. The first-order chi connectivity index (χ1) is 23.7. The van der Waals surface area contributed by atoms with E-state index in [9.17, 15) is 5.26 Å². The van der Waals surface area contributed by atoms with Gasteiger partial charge in [-0.25, -0.2) is 15.0 Å². The van der Waals surface area contributed by atoms with Crippen LogP contribution in [0.5, 0.6) is 0 Å². The molecule has 1 heterocycles.